The topological polar surface area (TPSA) is 48.1 Å². The molecule has 1 aromatic heterocycles. The number of aromatic nitrogens is 1. The fraction of sp³-hybridized carbons (Fsp3) is 0.312. The van der Waals surface area contributed by atoms with E-state index in [4.69, 9.17) is 10.5 Å². The molecule has 98 valence electrons. The third kappa shape index (κ3) is 3.05. The second kappa shape index (κ2) is 4.92. The van der Waals surface area contributed by atoms with Crippen LogP contribution < -0.4 is 10.5 Å². The first-order valence-corrected chi connectivity index (χ1v) is 6.67. The smallest absolute Gasteiger partial charge is 0.121 e. The second-order valence-corrected chi connectivity index (χ2v) is 5.23. The number of hydrogen-bond donors (Lipinski definition) is 1. The largest absolute Gasteiger partial charge is 0.493 e. The zero-order valence-corrected chi connectivity index (χ0v) is 11.1. The number of ether oxygens (including phenoxy) is 1. The molecule has 3 nitrogen and oxygen atoms in total. The van der Waals surface area contributed by atoms with Crippen molar-refractivity contribution >= 4 is 5.69 Å². The Bertz CT molecular complexity index is 574. The van der Waals surface area contributed by atoms with Gasteiger partial charge >= 0.3 is 0 Å². The summed E-state index contributed by atoms with van der Waals surface area (Å²) in [6, 6.07) is 9.93. The SMILES string of the molecule is Cc1ccc(-c2cc(N)cc(OCC3CC3)c2)cn1. The zero-order chi connectivity index (χ0) is 13.2. The van der Waals surface area contributed by atoms with E-state index in [9.17, 15) is 0 Å². The third-order valence-electron chi connectivity index (χ3n) is 3.36. The Morgan fingerprint density at radius 2 is 2.05 bits per heavy atom. The lowest BCUT2D eigenvalue weighted by molar-refractivity contribution is 0.300. The monoisotopic (exact) mass is 254 g/mol. The number of aryl methyl sites for hydroxylation is 1. The van der Waals surface area contributed by atoms with Crippen LogP contribution in [-0.2, 0) is 0 Å². The Hall–Kier alpha value is -2.03. The van der Waals surface area contributed by atoms with Crippen LogP contribution in [-0.4, -0.2) is 11.6 Å². The molecule has 1 fully saturated rings. The van der Waals surface area contributed by atoms with E-state index in [1.165, 1.54) is 12.8 Å². The average Bonchev–Trinajstić information content (AvgIpc) is 3.20. The van der Waals surface area contributed by atoms with Crippen LogP contribution >= 0.6 is 0 Å². The van der Waals surface area contributed by atoms with E-state index in [1.807, 2.05) is 37.4 Å². The lowest BCUT2D eigenvalue weighted by Crippen LogP contribution is -2.00. The summed E-state index contributed by atoms with van der Waals surface area (Å²) in [6.45, 7) is 2.78. The first-order valence-electron chi connectivity index (χ1n) is 6.67. The van der Waals surface area contributed by atoms with Crippen LogP contribution in [0.4, 0.5) is 5.69 Å². The zero-order valence-electron chi connectivity index (χ0n) is 11.1. The number of nitrogen functional groups attached to an aromatic ring is 1. The molecular weight excluding hydrogens is 236 g/mol. The quantitative estimate of drug-likeness (QED) is 0.850. The van der Waals surface area contributed by atoms with Crippen molar-refractivity contribution in [3.8, 4) is 16.9 Å². The maximum atomic E-state index is 5.95. The van der Waals surface area contributed by atoms with Gasteiger partial charge in [0.05, 0.1) is 6.61 Å². The molecule has 0 spiro atoms. The molecule has 0 aliphatic heterocycles. The van der Waals surface area contributed by atoms with Crippen molar-refractivity contribution in [2.24, 2.45) is 5.92 Å². The first kappa shape index (κ1) is 12.0. The van der Waals surface area contributed by atoms with Gasteiger partial charge in [-0.15, -0.1) is 0 Å². The average molecular weight is 254 g/mol. The maximum Gasteiger partial charge on any atom is 0.121 e. The molecule has 1 heterocycles. The van der Waals surface area contributed by atoms with Gasteiger partial charge in [0.2, 0.25) is 0 Å². The van der Waals surface area contributed by atoms with Gasteiger partial charge in [-0.2, -0.15) is 0 Å². The van der Waals surface area contributed by atoms with Crippen LogP contribution in [0.3, 0.4) is 0 Å². The lowest BCUT2D eigenvalue weighted by Gasteiger charge is -2.09. The third-order valence-corrected chi connectivity index (χ3v) is 3.36. The molecule has 0 radical (unpaired) electrons. The molecule has 3 rings (SSSR count). The van der Waals surface area contributed by atoms with Crippen LogP contribution in [0, 0.1) is 12.8 Å². The summed E-state index contributed by atoms with van der Waals surface area (Å²) < 4.78 is 5.80. The van der Waals surface area contributed by atoms with E-state index >= 15 is 0 Å². The number of nitrogens with zero attached hydrogens (tertiary/aromatic N) is 1. The van der Waals surface area contributed by atoms with Gasteiger partial charge < -0.3 is 10.5 Å². The van der Waals surface area contributed by atoms with Gasteiger partial charge in [-0.05, 0) is 49.4 Å². The maximum absolute atomic E-state index is 5.95. The molecule has 0 saturated heterocycles. The molecule has 2 aromatic rings. The number of anilines is 1. The van der Waals surface area contributed by atoms with Gasteiger partial charge in [0.25, 0.3) is 0 Å². The van der Waals surface area contributed by atoms with Crippen molar-refractivity contribution < 1.29 is 4.74 Å². The summed E-state index contributed by atoms with van der Waals surface area (Å²) in [6.07, 6.45) is 4.45. The molecular formula is C16H18N2O. The number of nitrogens with two attached hydrogens (primary N) is 1. The van der Waals surface area contributed by atoms with Crippen LogP contribution in [0.5, 0.6) is 5.75 Å². The normalized spacial score (nSPS) is 14.4. The predicted molar refractivity (Wildman–Crippen MR) is 77.0 cm³/mol. The molecule has 19 heavy (non-hydrogen) atoms. The highest BCUT2D eigenvalue weighted by Gasteiger charge is 2.22. The Kier molecular flexibility index (Phi) is 3.11. The molecule has 3 heteroatoms. The molecule has 1 aromatic carbocycles. The van der Waals surface area contributed by atoms with E-state index in [1.54, 1.807) is 0 Å². The first-order chi connectivity index (χ1) is 9.20. The molecule has 0 unspecified atom stereocenters. The van der Waals surface area contributed by atoms with Gasteiger partial charge in [-0.25, -0.2) is 0 Å². The Labute approximate surface area is 113 Å². The van der Waals surface area contributed by atoms with E-state index in [-0.39, 0.29) is 0 Å². The van der Waals surface area contributed by atoms with E-state index in [0.29, 0.717) is 0 Å². The highest BCUT2D eigenvalue weighted by Crippen LogP contribution is 2.31. The molecule has 2 N–H and O–H groups in total. The molecule has 1 saturated carbocycles. The Balaban J connectivity index is 1.85. The number of benzene rings is 1. The summed E-state index contributed by atoms with van der Waals surface area (Å²) >= 11 is 0. The number of rotatable bonds is 4. The van der Waals surface area contributed by atoms with E-state index < -0.39 is 0 Å². The van der Waals surface area contributed by atoms with Crippen LogP contribution in [0.2, 0.25) is 0 Å². The molecule has 0 amide bonds. The minimum absolute atomic E-state index is 0.726. The van der Waals surface area contributed by atoms with Crippen molar-refractivity contribution in [1.29, 1.82) is 0 Å². The summed E-state index contributed by atoms with van der Waals surface area (Å²) in [5.74, 6) is 1.59. The van der Waals surface area contributed by atoms with Gasteiger partial charge in [0.1, 0.15) is 5.75 Å². The molecule has 0 atom stereocenters. The fourth-order valence-corrected chi connectivity index (χ4v) is 2.01. The predicted octanol–water partition coefficient (Wildman–Crippen LogP) is 3.43. The summed E-state index contributed by atoms with van der Waals surface area (Å²) in [5, 5.41) is 0. The number of pyridine rings is 1. The summed E-state index contributed by atoms with van der Waals surface area (Å²) in [4.78, 5) is 4.32. The highest BCUT2D eigenvalue weighted by molar-refractivity contribution is 5.69. The Morgan fingerprint density at radius 3 is 2.74 bits per heavy atom. The standard InChI is InChI=1S/C16H18N2O/c1-11-2-5-13(9-18-11)14-6-15(17)8-16(7-14)19-10-12-3-4-12/h2,5-9,12H,3-4,10,17H2,1H3. The van der Waals surface area contributed by atoms with Gasteiger partial charge in [-0.3, -0.25) is 4.98 Å². The van der Waals surface area contributed by atoms with Crippen LogP contribution in [0.1, 0.15) is 18.5 Å². The van der Waals surface area contributed by atoms with Gasteiger partial charge in [0.15, 0.2) is 0 Å². The van der Waals surface area contributed by atoms with Gasteiger partial charge in [-0.1, -0.05) is 6.07 Å². The van der Waals surface area contributed by atoms with Crippen molar-refractivity contribution in [1.82, 2.24) is 4.98 Å². The molecule has 0 bridgehead atoms. The van der Waals surface area contributed by atoms with Crippen molar-refractivity contribution in [3.63, 3.8) is 0 Å². The summed E-state index contributed by atoms with van der Waals surface area (Å²) in [7, 11) is 0. The second-order valence-electron chi connectivity index (χ2n) is 5.23. The van der Waals surface area contributed by atoms with E-state index in [2.05, 4.69) is 11.1 Å². The van der Waals surface area contributed by atoms with Gasteiger partial charge in [0, 0.05) is 29.2 Å². The van der Waals surface area contributed by atoms with Crippen molar-refractivity contribution in [2.45, 2.75) is 19.8 Å². The molecule has 1 aliphatic carbocycles. The minimum Gasteiger partial charge on any atom is -0.493 e. The number of hydrogen-bond acceptors (Lipinski definition) is 3. The highest BCUT2D eigenvalue weighted by atomic mass is 16.5. The molecule has 1 aliphatic rings. The fourth-order valence-electron chi connectivity index (χ4n) is 2.01. The Morgan fingerprint density at radius 1 is 1.21 bits per heavy atom. The summed E-state index contributed by atoms with van der Waals surface area (Å²) in [5.41, 5.74) is 9.80. The van der Waals surface area contributed by atoms with E-state index in [0.717, 1.165) is 40.8 Å². The van der Waals surface area contributed by atoms with Crippen LogP contribution in [0.15, 0.2) is 36.5 Å². The van der Waals surface area contributed by atoms with Crippen LogP contribution in [0.25, 0.3) is 11.1 Å². The van der Waals surface area contributed by atoms with Crippen molar-refractivity contribution in [2.75, 3.05) is 12.3 Å². The minimum atomic E-state index is 0.726. The lowest BCUT2D eigenvalue weighted by atomic mass is 10.1. The van der Waals surface area contributed by atoms with Crippen molar-refractivity contribution in [3.05, 3.63) is 42.2 Å².